The molecule has 0 saturated carbocycles. The van der Waals surface area contributed by atoms with E-state index in [1.54, 1.807) is 73.9 Å². The summed E-state index contributed by atoms with van der Waals surface area (Å²) in [6.45, 7) is 1.39. The Morgan fingerprint density at radius 3 is 2.34 bits per heavy atom. The lowest BCUT2D eigenvalue weighted by atomic mass is 10.00. The molecule has 9 heteroatoms. The van der Waals surface area contributed by atoms with Crippen LogP contribution in [0.3, 0.4) is 0 Å². The number of halogens is 4. The van der Waals surface area contributed by atoms with Gasteiger partial charge in [-0.05, 0) is 41.8 Å². The van der Waals surface area contributed by atoms with E-state index in [0.717, 1.165) is 4.57 Å². The van der Waals surface area contributed by atoms with Crippen LogP contribution in [-0.4, -0.2) is 32.4 Å². The van der Waals surface area contributed by atoms with Crippen LogP contribution in [0.5, 0.6) is 0 Å². The summed E-state index contributed by atoms with van der Waals surface area (Å²) in [6, 6.07) is 16.8. The maximum Gasteiger partial charge on any atom is 0.431 e. The number of rotatable bonds is 6. The summed E-state index contributed by atoms with van der Waals surface area (Å²) in [4.78, 5) is 23.1. The summed E-state index contributed by atoms with van der Waals surface area (Å²) < 4.78 is 44.3. The molecule has 0 aliphatic carbocycles. The largest absolute Gasteiger partial charge is 0.431 e. The molecule has 4 aromatic rings. The lowest BCUT2D eigenvalue weighted by molar-refractivity contribution is -0.143. The van der Waals surface area contributed by atoms with Gasteiger partial charge in [-0.15, -0.1) is 0 Å². The molecule has 0 bridgehead atoms. The minimum Gasteiger partial charge on any atom is -0.335 e. The number of nitrogens with zero attached hydrogens (tertiary/aromatic N) is 4. The lowest BCUT2D eigenvalue weighted by Gasteiger charge is -2.21. The highest BCUT2D eigenvalue weighted by Gasteiger charge is 2.41. The van der Waals surface area contributed by atoms with Crippen molar-refractivity contribution >= 4 is 17.5 Å². The molecule has 0 unspecified atom stereocenters. The van der Waals surface area contributed by atoms with Crippen molar-refractivity contribution < 1.29 is 18.0 Å². The fraction of sp³-hybridized carbons (Fsp3) is 0.192. The Morgan fingerprint density at radius 2 is 1.74 bits per heavy atom. The van der Waals surface area contributed by atoms with E-state index in [1.165, 1.54) is 18.2 Å². The van der Waals surface area contributed by atoms with Crippen LogP contribution in [0.4, 0.5) is 13.2 Å². The average molecular weight is 499 g/mol. The molecular weight excluding hydrogens is 477 g/mol. The van der Waals surface area contributed by atoms with Gasteiger partial charge in [0.1, 0.15) is 17.7 Å². The van der Waals surface area contributed by atoms with Crippen LogP contribution < -0.4 is 0 Å². The van der Waals surface area contributed by atoms with Crippen molar-refractivity contribution in [2.24, 2.45) is 0 Å². The van der Waals surface area contributed by atoms with E-state index >= 15 is 0 Å². The molecule has 0 saturated heterocycles. The minimum atomic E-state index is -4.68. The van der Waals surface area contributed by atoms with Crippen LogP contribution in [-0.2, 0) is 19.3 Å². The summed E-state index contributed by atoms with van der Waals surface area (Å²) >= 11 is 6.03. The van der Waals surface area contributed by atoms with E-state index < -0.39 is 17.8 Å². The lowest BCUT2D eigenvalue weighted by Crippen LogP contribution is -2.30. The minimum absolute atomic E-state index is 0.0189. The highest BCUT2D eigenvalue weighted by Crippen LogP contribution is 2.42. The van der Waals surface area contributed by atoms with Gasteiger partial charge in [-0.25, -0.2) is 9.97 Å². The third-order valence-corrected chi connectivity index (χ3v) is 5.94. The maximum atomic E-state index is 14.4. The Labute approximate surface area is 205 Å². The zero-order valence-electron chi connectivity index (χ0n) is 19.1. The number of amides is 1. The molecule has 0 aliphatic heterocycles. The van der Waals surface area contributed by atoms with Crippen molar-refractivity contribution in [3.8, 4) is 11.1 Å². The summed E-state index contributed by atoms with van der Waals surface area (Å²) in [7, 11) is 1.54. The molecule has 2 aromatic heterocycles. The second kappa shape index (κ2) is 9.92. The second-order valence-electron chi connectivity index (χ2n) is 8.14. The van der Waals surface area contributed by atoms with Crippen molar-refractivity contribution in [3.05, 3.63) is 106 Å². The van der Waals surface area contributed by atoms with Gasteiger partial charge in [-0.3, -0.25) is 4.79 Å². The smallest absolute Gasteiger partial charge is 0.335 e. The first kappa shape index (κ1) is 24.5. The van der Waals surface area contributed by atoms with Crippen molar-refractivity contribution in [1.82, 2.24) is 19.4 Å². The molecule has 0 N–H and O–H groups in total. The highest BCUT2D eigenvalue weighted by atomic mass is 35.5. The molecule has 0 spiro atoms. The van der Waals surface area contributed by atoms with E-state index in [0.29, 0.717) is 21.8 Å². The third kappa shape index (κ3) is 5.22. The number of hydrogen-bond donors (Lipinski definition) is 0. The molecule has 4 rings (SSSR count). The third-order valence-electron chi connectivity index (χ3n) is 5.68. The molecule has 0 aliphatic rings. The Bertz CT molecular complexity index is 1320. The van der Waals surface area contributed by atoms with Crippen LogP contribution in [0.15, 0.2) is 73.2 Å². The number of carbonyl (C=O) groups excluding carboxylic acids is 1. The number of benzene rings is 2. The van der Waals surface area contributed by atoms with Crippen molar-refractivity contribution in [2.45, 2.75) is 26.2 Å². The first-order chi connectivity index (χ1) is 16.7. The van der Waals surface area contributed by atoms with Crippen LogP contribution >= 0.6 is 11.6 Å². The van der Waals surface area contributed by atoms with Gasteiger partial charge in [0.25, 0.3) is 5.91 Å². The molecule has 5 nitrogen and oxygen atoms in total. The molecule has 0 radical (unpaired) electrons. The molecular formula is C26H22ClF3N4O. The van der Waals surface area contributed by atoms with Crippen LogP contribution in [0, 0.1) is 6.92 Å². The number of hydrogen-bond acceptors (Lipinski definition) is 3. The number of carbonyl (C=O) groups is 1. The monoisotopic (exact) mass is 498 g/mol. The van der Waals surface area contributed by atoms with Gasteiger partial charge in [-0.2, -0.15) is 13.2 Å². The van der Waals surface area contributed by atoms with Crippen LogP contribution in [0.1, 0.15) is 33.0 Å². The molecule has 2 heterocycles. The van der Waals surface area contributed by atoms with E-state index in [9.17, 15) is 18.0 Å². The van der Waals surface area contributed by atoms with Gasteiger partial charge in [0.15, 0.2) is 0 Å². The van der Waals surface area contributed by atoms with E-state index in [2.05, 4.69) is 9.97 Å². The topological polar surface area (TPSA) is 51.0 Å². The van der Waals surface area contributed by atoms with Gasteiger partial charge in [0.05, 0.1) is 12.2 Å². The Balaban J connectivity index is 1.93. The van der Waals surface area contributed by atoms with Crippen LogP contribution in [0.2, 0.25) is 5.02 Å². The van der Waals surface area contributed by atoms with Crippen molar-refractivity contribution in [3.63, 3.8) is 0 Å². The molecule has 35 heavy (non-hydrogen) atoms. The predicted molar refractivity (Wildman–Crippen MR) is 128 cm³/mol. The predicted octanol–water partition coefficient (Wildman–Crippen LogP) is 6.25. The summed E-state index contributed by atoms with van der Waals surface area (Å²) in [5.74, 6) is -0.553. The maximum absolute atomic E-state index is 14.4. The van der Waals surface area contributed by atoms with Gasteiger partial charge in [0.2, 0.25) is 0 Å². The zero-order chi connectivity index (χ0) is 25.2. The summed E-state index contributed by atoms with van der Waals surface area (Å²) in [5.41, 5.74) is 0.991. The molecule has 2 aromatic carbocycles. The fourth-order valence-electron chi connectivity index (χ4n) is 4.13. The molecule has 180 valence electrons. The quantitative estimate of drug-likeness (QED) is 0.316. The number of alkyl halides is 3. The molecule has 1 amide bonds. The van der Waals surface area contributed by atoms with Gasteiger partial charge in [-0.1, -0.05) is 54.1 Å². The van der Waals surface area contributed by atoms with E-state index in [1.807, 2.05) is 0 Å². The Kier molecular flexibility index (Phi) is 6.93. The Morgan fingerprint density at radius 1 is 1.06 bits per heavy atom. The normalized spacial score (nSPS) is 11.5. The van der Waals surface area contributed by atoms with Gasteiger partial charge < -0.3 is 9.47 Å². The molecule has 0 fully saturated rings. The Hall–Kier alpha value is -3.65. The first-order valence-corrected chi connectivity index (χ1v) is 11.1. The standard InChI is InChI=1S/C26H22ClF3N4O/c1-17-22(19-8-10-20(27)11-9-19)23(25(35)33(2)15-21-12-13-31-16-32-21)34(24(17)26(28,29)30)14-18-6-4-3-5-7-18/h3-13,16H,14-15H2,1-2H3. The average Bonchev–Trinajstić information content (AvgIpc) is 3.12. The summed E-state index contributed by atoms with van der Waals surface area (Å²) in [5, 5.41) is 0.444. The van der Waals surface area contributed by atoms with E-state index in [4.69, 9.17) is 11.6 Å². The van der Waals surface area contributed by atoms with Crippen molar-refractivity contribution in [1.29, 1.82) is 0 Å². The van der Waals surface area contributed by atoms with Gasteiger partial charge >= 0.3 is 6.18 Å². The fourth-order valence-corrected chi connectivity index (χ4v) is 4.26. The highest BCUT2D eigenvalue weighted by molar-refractivity contribution is 6.30. The second-order valence-corrected chi connectivity index (χ2v) is 8.57. The van der Waals surface area contributed by atoms with Crippen LogP contribution in [0.25, 0.3) is 11.1 Å². The van der Waals surface area contributed by atoms with Crippen molar-refractivity contribution in [2.75, 3.05) is 7.05 Å². The first-order valence-electron chi connectivity index (χ1n) is 10.8. The number of aromatic nitrogens is 3. The van der Waals surface area contributed by atoms with Gasteiger partial charge in [0, 0.05) is 30.4 Å². The molecule has 0 atom stereocenters. The SMILES string of the molecule is Cc1c(-c2ccc(Cl)cc2)c(C(=O)N(C)Cc2ccncn2)n(Cc2ccccc2)c1C(F)(F)F. The zero-order valence-corrected chi connectivity index (χ0v) is 19.8. The summed E-state index contributed by atoms with van der Waals surface area (Å²) in [6.07, 6.45) is -1.77. The van der Waals surface area contributed by atoms with E-state index in [-0.39, 0.29) is 29.9 Å².